The van der Waals surface area contributed by atoms with Gasteiger partial charge in [0.25, 0.3) is 11.8 Å². The van der Waals surface area contributed by atoms with Gasteiger partial charge in [-0.2, -0.15) is 0 Å². The van der Waals surface area contributed by atoms with Crippen molar-refractivity contribution in [1.29, 1.82) is 0 Å². The van der Waals surface area contributed by atoms with Crippen LogP contribution in [0.25, 0.3) is 0 Å². The lowest BCUT2D eigenvalue weighted by molar-refractivity contribution is 0.0727. The lowest BCUT2D eigenvalue weighted by Crippen LogP contribution is -2.37. The van der Waals surface area contributed by atoms with Gasteiger partial charge in [-0.3, -0.25) is 9.59 Å². The highest BCUT2D eigenvalue weighted by Gasteiger charge is 2.25. The van der Waals surface area contributed by atoms with Crippen molar-refractivity contribution in [2.45, 2.75) is 13.0 Å². The second kappa shape index (κ2) is 7.83. The molecule has 1 aliphatic heterocycles. The number of carbonyl (C=O) groups is 2. The Bertz CT molecular complexity index is 1080. The van der Waals surface area contributed by atoms with E-state index in [4.69, 9.17) is 0 Å². The first-order chi connectivity index (χ1) is 14.0. The third-order valence-electron chi connectivity index (χ3n) is 4.92. The maximum absolute atomic E-state index is 13.8. The van der Waals surface area contributed by atoms with Crippen LogP contribution in [0.5, 0.6) is 0 Å². The molecule has 2 amide bonds. The summed E-state index contributed by atoms with van der Waals surface area (Å²) in [4.78, 5) is 26.9. The molecule has 0 bridgehead atoms. The Morgan fingerprint density at radius 2 is 1.79 bits per heavy atom. The minimum atomic E-state index is -0.924. The van der Waals surface area contributed by atoms with Gasteiger partial charge in [0.1, 0.15) is 11.6 Å². The van der Waals surface area contributed by atoms with Crippen LogP contribution in [0.2, 0.25) is 0 Å². The Balaban J connectivity index is 1.49. The fourth-order valence-electron chi connectivity index (χ4n) is 3.44. The van der Waals surface area contributed by atoms with Crippen molar-refractivity contribution in [1.82, 2.24) is 4.90 Å². The van der Waals surface area contributed by atoms with Crippen molar-refractivity contribution in [3.05, 3.63) is 101 Å². The Morgan fingerprint density at radius 3 is 2.55 bits per heavy atom. The van der Waals surface area contributed by atoms with Gasteiger partial charge < -0.3 is 10.2 Å². The van der Waals surface area contributed by atoms with E-state index < -0.39 is 17.5 Å². The number of fused-ring (bicyclic) bond motifs is 1. The fraction of sp³-hybridized carbons (Fsp3) is 0.130. The van der Waals surface area contributed by atoms with Crippen molar-refractivity contribution >= 4 is 17.5 Å². The zero-order valence-corrected chi connectivity index (χ0v) is 15.5. The number of hydrogen-bond acceptors (Lipinski definition) is 2. The van der Waals surface area contributed by atoms with Crippen LogP contribution < -0.4 is 5.32 Å². The summed E-state index contributed by atoms with van der Waals surface area (Å²) in [5, 5.41) is 2.61. The van der Waals surface area contributed by atoms with Crippen molar-refractivity contribution in [2.24, 2.45) is 0 Å². The van der Waals surface area contributed by atoms with Crippen molar-refractivity contribution in [3.63, 3.8) is 0 Å². The van der Waals surface area contributed by atoms with Gasteiger partial charge in [-0.25, -0.2) is 8.78 Å². The molecule has 3 aromatic carbocycles. The molecule has 0 atom stereocenters. The Hall–Kier alpha value is -3.54. The van der Waals surface area contributed by atoms with Gasteiger partial charge in [-0.1, -0.05) is 30.3 Å². The summed E-state index contributed by atoms with van der Waals surface area (Å²) in [5.41, 5.74) is 2.71. The van der Waals surface area contributed by atoms with E-state index in [9.17, 15) is 18.4 Å². The summed E-state index contributed by atoms with van der Waals surface area (Å²) in [7, 11) is 0. The van der Waals surface area contributed by atoms with E-state index in [1.807, 2.05) is 30.3 Å². The molecular formula is C23H18F2N2O2. The fourth-order valence-corrected chi connectivity index (χ4v) is 3.44. The molecule has 0 aliphatic carbocycles. The minimum absolute atomic E-state index is 0.0578. The van der Waals surface area contributed by atoms with Crippen LogP contribution in [0.15, 0.2) is 66.7 Å². The second-order valence-electron chi connectivity index (χ2n) is 6.91. The molecule has 0 radical (unpaired) electrons. The third kappa shape index (κ3) is 4.01. The number of anilines is 1. The van der Waals surface area contributed by atoms with Gasteiger partial charge in [0, 0.05) is 30.4 Å². The summed E-state index contributed by atoms with van der Waals surface area (Å²) < 4.78 is 26.8. The van der Waals surface area contributed by atoms with Crippen LogP contribution in [-0.4, -0.2) is 23.3 Å². The molecule has 1 N–H and O–H groups in total. The quantitative estimate of drug-likeness (QED) is 0.715. The van der Waals surface area contributed by atoms with Gasteiger partial charge in [0.2, 0.25) is 0 Å². The Morgan fingerprint density at radius 1 is 1.00 bits per heavy atom. The van der Waals surface area contributed by atoms with Crippen molar-refractivity contribution < 1.29 is 18.4 Å². The third-order valence-corrected chi connectivity index (χ3v) is 4.92. The highest BCUT2D eigenvalue weighted by atomic mass is 19.1. The summed E-state index contributed by atoms with van der Waals surface area (Å²) in [6, 6.07) is 17.6. The Labute approximate surface area is 166 Å². The first kappa shape index (κ1) is 18.8. The van der Waals surface area contributed by atoms with E-state index in [1.54, 1.807) is 23.1 Å². The molecule has 0 fully saturated rings. The molecule has 0 saturated carbocycles. The van der Waals surface area contributed by atoms with E-state index in [1.165, 1.54) is 0 Å². The number of hydrogen-bond donors (Lipinski definition) is 1. The highest BCUT2D eigenvalue weighted by molar-refractivity contribution is 6.05. The maximum Gasteiger partial charge on any atom is 0.258 e. The molecule has 0 spiro atoms. The molecule has 3 aromatic rings. The van der Waals surface area contributed by atoms with Crippen LogP contribution in [-0.2, 0) is 13.0 Å². The number of nitrogens with one attached hydrogen (secondary N) is 1. The molecule has 6 heteroatoms. The monoisotopic (exact) mass is 392 g/mol. The molecule has 0 unspecified atom stereocenters. The molecule has 146 valence electrons. The molecule has 1 heterocycles. The number of rotatable bonds is 4. The Kier molecular flexibility index (Phi) is 5.08. The molecule has 0 aromatic heterocycles. The first-order valence-electron chi connectivity index (χ1n) is 9.24. The highest BCUT2D eigenvalue weighted by Crippen LogP contribution is 2.24. The van der Waals surface area contributed by atoms with Crippen LogP contribution in [0.1, 0.15) is 31.8 Å². The van der Waals surface area contributed by atoms with Gasteiger partial charge >= 0.3 is 0 Å². The standard InChI is InChI=1S/C23H18F2N2O2/c24-17-6-8-20(21(25)13-17)22(28)26-18-7-9-19-16(12-18)10-11-27(23(19)29)14-15-4-2-1-3-5-15/h1-9,12-13H,10-11,14H2,(H,26,28). The van der Waals surface area contributed by atoms with Crippen LogP contribution >= 0.6 is 0 Å². The van der Waals surface area contributed by atoms with Gasteiger partial charge in [-0.05, 0) is 47.9 Å². The molecular weight excluding hydrogens is 374 g/mol. The van der Waals surface area contributed by atoms with Crippen molar-refractivity contribution in [2.75, 3.05) is 11.9 Å². The zero-order valence-electron chi connectivity index (χ0n) is 15.5. The number of amides is 2. The SMILES string of the molecule is O=C(Nc1ccc2c(c1)CCN(Cc1ccccc1)C2=O)c1ccc(F)cc1F. The van der Waals surface area contributed by atoms with Gasteiger partial charge in [0.15, 0.2) is 0 Å². The minimum Gasteiger partial charge on any atom is -0.334 e. The normalized spacial score (nSPS) is 13.2. The van der Waals surface area contributed by atoms with Crippen LogP contribution in [0.3, 0.4) is 0 Å². The molecule has 29 heavy (non-hydrogen) atoms. The van der Waals surface area contributed by atoms with Crippen LogP contribution in [0.4, 0.5) is 14.5 Å². The predicted molar refractivity (Wildman–Crippen MR) is 106 cm³/mol. The molecule has 1 aliphatic rings. The topological polar surface area (TPSA) is 49.4 Å². The molecule has 0 saturated heterocycles. The van der Waals surface area contributed by atoms with Crippen molar-refractivity contribution in [3.8, 4) is 0 Å². The zero-order chi connectivity index (χ0) is 20.4. The maximum atomic E-state index is 13.8. The number of benzene rings is 3. The smallest absolute Gasteiger partial charge is 0.258 e. The number of nitrogens with zero attached hydrogens (tertiary/aromatic N) is 1. The van der Waals surface area contributed by atoms with E-state index in [0.717, 1.165) is 23.3 Å². The largest absolute Gasteiger partial charge is 0.334 e. The summed E-state index contributed by atoms with van der Waals surface area (Å²) in [5.74, 6) is -2.40. The summed E-state index contributed by atoms with van der Waals surface area (Å²) >= 11 is 0. The lowest BCUT2D eigenvalue weighted by Gasteiger charge is -2.29. The van der Waals surface area contributed by atoms with Gasteiger partial charge in [-0.15, -0.1) is 0 Å². The first-order valence-corrected chi connectivity index (χ1v) is 9.24. The van der Waals surface area contributed by atoms with E-state index >= 15 is 0 Å². The number of halogens is 2. The van der Waals surface area contributed by atoms with E-state index in [-0.39, 0.29) is 11.5 Å². The molecule has 4 rings (SSSR count). The summed E-state index contributed by atoms with van der Waals surface area (Å²) in [6.07, 6.45) is 0.655. The number of carbonyl (C=O) groups excluding carboxylic acids is 2. The van der Waals surface area contributed by atoms with Gasteiger partial charge in [0.05, 0.1) is 5.56 Å². The average molecular weight is 392 g/mol. The van der Waals surface area contributed by atoms with Crippen LogP contribution in [0, 0.1) is 11.6 Å². The van der Waals surface area contributed by atoms with E-state index in [0.29, 0.717) is 36.8 Å². The average Bonchev–Trinajstić information content (AvgIpc) is 2.71. The van der Waals surface area contributed by atoms with E-state index in [2.05, 4.69) is 5.32 Å². The second-order valence-corrected chi connectivity index (χ2v) is 6.91. The lowest BCUT2D eigenvalue weighted by atomic mass is 9.97. The predicted octanol–water partition coefficient (Wildman–Crippen LogP) is 4.42. The molecule has 4 nitrogen and oxygen atoms in total. The summed E-state index contributed by atoms with van der Waals surface area (Å²) in [6.45, 7) is 1.12.